The molecule has 6 nitrogen and oxygen atoms in total. The van der Waals surface area contributed by atoms with E-state index in [0.29, 0.717) is 25.8 Å². The number of carbonyl (C=O) groups is 2. The van der Waals surface area contributed by atoms with Gasteiger partial charge in [0.2, 0.25) is 0 Å². The predicted molar refractivity (Wildman–Crippen MR) is 82.8 cm³/mol. The molecule has 6 heteroatoms. The Bertz CT molecular complexity index is 427. The zero-order chi connectivity index (χ0) is 17.2. The van der Waals surface area contributed by atoms with Crippen LogP contribution >= 0.6 is 0 Å². The Kier molecular flexibility index (Phi) is 5.49. The fourth-order valence-corrected chi connectivity index (χ4v) is 2.48. The Morgan fingerprint density at radius 1 is 1.23 bits per heavy atom. The quantitative estimate of drug-likeness (QED) is 0.844. The maximum atomic E-state index is 12.1. The van der Waals surface area contributed by atoms with Crippen molar-refractivity contribution in [2.24, 2.45) is 5.41 Å². The van der Waals surface area contributed by atoms with Crippen LogP contribution in [0.3, 0.4) is 0 Å². The van der Waals surface area contributed by atoms with Crippen LogP contribution in [0.1, 0.15) is 53.9 Å². The SMILES string of the molecule is COC(C)(C)CCC1(C(=O)O)CCN(C(=O)OC(C)(C)C)C1. The number of rotatable bonds is 5. The first-order valence-corrected chi connectivity index (χ1v) is 7.67. The number of likely N-dealkylation sites (tertiary alicyclic amines) is 1. The Hall–Kier alpha value is -1.30. The van der Waals surface area contributed by atoms with E-state index in [1.54, 1.807) is 27.9 Å². The topological polar surface area (TPSA) is 76.1 Å². The molecule has 1 N–H and O–H groups in total. The molecule has 0 aromatic rings. The molecule has 1 unspecified atom stereocenters. The number of aliphatic carboxylic acids is 1. The van der Waals surface area contributed by atoms with E-state index in [-0.39, 0.29) is 12.1 Å². The van der Waals surface area contributed by atoms with Crippen LogP contribution in [0.2, 0.25) is 0 Å². The average Bonchev–Trinajstić information content (AvgIpc) is 2.80. The van der Waals surface area contributed by atoms with Crippen LogP contribution in [0.15, 0.2) is 0 Å². The van der Waals surface area contributed by atoms with E-state index >= 15 is 0 Å². The third-order valence-electron chi connectivity index (χ3n) is 4.22. The fourth-order valence-electron chi connectivity index (χ4n) is 2.48. The molecule has 1 rings (SSSR count). The van der Waals surface area contributed by atoms with Crippen LogP contribution in [0.4, 0.5) is 4.79 Å². The standard InChI is InChI=1S/C16H29NO5/c1-14(2,3)22-13(20)17-10-9-16(11-17,12(18)19)8-7-15(4,5)21-6/h7-11H2,1-6H3,(H,18,19). The summed E-state index contributed by atoms with van der Waals surface area (Å²) in [6.45, 7) is 9.86. The minimum atomic E-state index is -0.910. The van der Waals surface area contributed by atoms with Gasteiger partial charge in [-0.1, -0.05) is 0 Å². The minimum Gasteiger partial charge on any atom is -0.481 e. The molecule has 0 radical (unpaired) electrons. The zero-order valence-electron chi connectivity index (χ0n) is 14.6. The summed E-state index contributed by atoms with van der Waals surface area (Å²) in [5, 5.41) is 9.65. The maximum Gasteiger partial charge on any atom is 0.410 e. The number of amides is 1. The third-order valence-corrected chi connectivity index (χ3v) is 4.22. The highest BCUT2D eigenvalue weighted by molar-refractivity contribution is 5.78. The second kappa shape index (κ2) is 6.44. The second-order valence-corrected chi connectivity index (χ2v) is 7.70. The molecule has 1 heterocycles. The third kappa shape index (κ3) is 4.87. The highest BCUT2D eigenvalue weighted by Gasteiger charge is 2.47. The molecule has 0 aromatic heterocycles. The number of ether oxygens (including phenoxy) is 2. The van der Waals surface area contributed by atoms with Crippen molar-refractivity contribution in [1.29, 1.82) is 0 Å². The molecule has 1 atom stereocenters. The fraction of sp³-hybridized carbons (Fsp3) is 0.875. The number of carboxylic acid groups (broad SMARTS) is 1. The van der Waals surface area contributed by atoms with Crippen molar-refractivity contribution >= 4 is 12.1 Å². The molecule has 0 aliphatic carbocycles. The largest absolute Gasteiger partial charge is 0.481 e. The Balaban J connectivity index is 2.75. The van der Waals surface area contributed by atoms with Gasteiger partial charge in [-0.25, -0.2) is 4.79 Å². The Labute approximate surface area is 132 Å². The molecule has 1 aliphatic heterocycles. The predicted octanol–water partition coefficient (Wildman–Crippen LogP) is 2.90. The van der Waals surface area contributed by atoms with Crippen molar-refractivity contribution in [2.45, 2.75) is 65.1 Å². The summed E-state index contributed by atoms with van der Waals surface area (Å²) in [4.78, 5) is 25.4. The zero-order valence-corrected chi connectivity index (χ0v) is 14.6. The van der Waals surface area contributed by atoms with Crippen molar-refractivity contribution in [3.05, 3.63) is 0 Å². The normalized spacial score (nSPS) is 22.7. The summed E-state index contributed by atoms with van der Waals surface area (Å²) in [5.74, 6) is -0.856. The number of carboxylic acids is 1. The maximum absolute atomic E-state index is 12.1. The monoisotopic (exact) mass is 315 g/mol. The van der Waals surface area contributed by atoms with Gasteiger partial charge in [-0.3, -0.25) is 4.79 Å². The molecular formula is C16H29NO5. The lowest BCUT2D eigenvalue weighted by Gasteiger charge is -2.30. The van der Waals surface area contributed by atoms with Gasteiger partial charge < -0.3 is 19.5 Å². The number of hydrogen-bond donors (Lipinski definition) is 1. The van der Waals surface area contributed by atoms with E-state index in [2.05, 4.69) is 0 Å². The molecule has 22 heavy (non-hydrogen) atoms. The lowest BCUT2D eigenvalue weighted by atomic mass is 9.80. The molecule has 1 fully saturated rings. The number of carbonyl (C=O) groups excluding carboxylic acids is 1. The van der Waals surface area contributed by atoms with E-state index < -0.39 is 23.1 Å². The lowest BCUT2D eigenvalue weighted by Crippen LogP contribution is -2.40. The van der Waals surface area contributed by atoms with Crippen LogP contribution in [-0.4, -0.2) is 53.5 Å². The van der Waals surface area contributed by atoms with Gasteiger partial charge in [0.25, 0.3) is 0 Å². The van der Waals surface area contributed by atoms with E-state index in [9.17, 15) is 14.7 Å². The first kappa shape index (κ1) is 18.7. The van der Waals surface area contributed by atoms with Crippen LogP contribution in [0.25, 0.3) is 0 Å². The minimum absolute atomic E-state index is 0.192. The molecule has 0 saturated carbocycles. The Morgan fingerprint density at radius 3 is 2.27 bits per heavy atom. The summed E-state index contributed by atoms with van der Waals surface area (Å²) >= 11 is 0. The van der Waals surface area contributed by atoms with Crippen LogP contribution in [0, 0.1) is 5.41 Å². The van der Waals surface area contributed by atoms with Crippen LogP contribution in [0.5, 0.6) is 0 Å². The summed E-state index contributed by atoms with van der Waals surface area (Å²) in [7, 11) is 1.62. The van der Waals surface area contributed by atoms with Gasteiger partial charge in [0.05, 0.1) is 11.0 Å². The average molecular weight is 315 g/mol. The number of nitrogens with zero attached hydrogens (tertiary/aromatic N) is 1. The molecule has 1 aliphatic rings. The molecule has 0 bridgehead atoms. The first-order chi connectivity index (χ1) is 9.91. The molecule has 0 aromatic carbocycles. The van der Waals surface area contributed by atoms with E-state index in [4.69, 9.17) is 9.47 Å². The van der Waals surface area contributed by atoms with Crippen molar-refractivity contribution in [2.75, 3.05) is 20.2 Å². The molecular weight excluding hydrogens is 286 g/mol. The summed E-state index contributed by atoms with van der Waals surface area (Å²) in [6, 6.07) is 0. The summed E-state index contributed by atoms with van der Waals surface area (Å²) in [5.41, 5.74) is -1.86. The van der Waals surface area contributed by atoms with Crippen molar-refractivity contribution in [3.63, 3.8) is 0 Å². The van der Waals surface area contributed by atoms with E-state index in [1.807, 2.05) is 13.8 Å². The molecule has 128 valence electrons. The smallest absolute Gasteiger partial charge is 0.410 e. The number of methoxy groups -OCH3 is 1. The molecule has 1 saturated heterocycles. The lowest BCUT2D eigenvalue weighted by molar-refractivity contribution is -0.149. The van der Waals surface area contributed by atoms with Crippen molar-refractivity contribution in [3.8, 4) is 0 Å². The van der Waals surface area contributed by atoms with Gasteiger partial charge in [0.1, 0.15) is 5.60 Å². The van der Waals surface area contributed by atoms with Crippen molar-refractivity contribution < 1.29 is 24.2 Å². The molecule has 1 amide bonds. The van der Waals surface area contributed by atoms with Gasteiger partial charge in [0.15, 0.2) is 0 Å². The van der Waals surface area contributed by atoms with Gasteiger partial charge in [0, 0.05) is 20.2 Å². The van der Waals surface area contributed by atoms with Gasteiger partial charge in [-0.05, 0) is 53.9 Å². The van der Waals surface area contributed by atoms with Crippen LogP contribution < -0.4 is 0 Å². The highest BCUT2D eigenvalue weighted by atomic mass is 16.6. The highest BCUT2D eigenvalue weighted by Crippen LogP contribution is 2.38. The first-order valence-electron chi connectivity index (χ1n) is 7.67. The summed E-state index contributed by atoms with van der Waals surface area (Å²) < 4.78 is 10.7. The van der Waals surface area contributed by atoms with Crippen molar-refractivity contribution in [1.82, 2.24) is 4.90 Å². The molecule has 0 spiro atoms. The number of hydrogen-bond acceptors (Lipinski definition) is 4. The van der Waals surface area contributed by atoms with Gasteiger partial charge >= 0.3 is 12.1 Å². The van der Waals surface area contributed by atoms with E-state index in [1.165, 1.54) is 4.90 Å². The van der Waals surface area contributed by atoms with E-state index in [0.717, 1.165) is 0 Å². The Morgan fingerprint density at radius 2 is 1.82 bits per heavy atom. The second-order valence-electron chi connectivity index (χ2n) is 7.70. The summed E-state index contributed by atoms with van der Waals surface area (Å²) in [6.07, 6.45) is 1.10. The van der Waals surface area contributed by atoms with Gasteiger partial charge in [-0.15, -0.1) is 0 Å². The van der Waals surface area contributed by atoms with Crippen LogP contribution in [-0.2, 0) is 14.3 Å². The van der Waals surface area contributed by atoms with Gasteiger partial charge in [-0.2, -0.15) is 0 Å².